The van der Waals surface area contributed by atoms with Crippen LogP contribution in [0.5, 0.6) is 11.6 Å². The van der Waals surface area contributed by atoms with E-state index in [1.54, 1.807) is 18.2 Å². The smallest absolute Gasteiger partial charge is 0.263 e. The third-order valence-electron chi connectivity index (χ3n) is 4.50. The van der Waals surface area contributed by atoms with Crippen molar-refractivity contribution < 1.29 is 22.7 Å². The van der Waals surface area contributed by atoms with Crippen LogP contribution in [0.25, 0.3) is 0 Å². The summed E-state index contributed by atoms with van der Waals surface area (Å²) >= 11 is 8.64. The van der Waals surface area contributed by atoms with Crippen molar-refractivity contribution in [3.63, 3.8) is 0 Å². The third kappa shape index (κ3) is 7.35. The summed E-state index contributed by atoms with van der Waals surface area (Å²) in [7, 11) is -2.58. The van der Waals surface area contributed by atoms with Crippen LogP contribution in [-0.4, -0.2) is 43.1 Å². The van der Waals surface area contributed by atoms with Crippen molar-refractivity contribution in [1.29, 1.82) is 0 Å². The number of halogens is 1. The largest absolute Gasteiger partial charge is 0.492 e. The van der Waals surface area contributed by atoms with Gasteiger partial charge in [0.05, 0.1) is 23.1 Å². The van der Waals surface area contributed by atoms with E-state index in [4.69, 9.17) is 21.7 Å². The Morgan fingerprint density at radius 1 is 1.11 bits per heavy atom. The quantitative estimate of drug-likeness (QED) is 0.312. The molecule has 0 radical (unpaired) electrons. The number of hydrogen-bond donors (Lipinski definition) is 3. The number of thiocarbonyl (C=S) groups is 1. The Kier molecular flexibility index (Phi) is 9.18. The number of carbonyl (C=O) groups is 1. The number of nitrogens with one attached hydrogen (secondary N) is 3. The van der Waals surface area contributed by atoms with Crippen molar-refractivity contribution in [2.45, 2.75) is 18.7 Å². The second-order valence-corrected chi connectivity index (χ2v) is 10.7. The molecule has 0 saturated carbocycles. The molecule has 0 aliphatic rings. The van der Waals surface area contributed by atoms with Gasteiger partial charge in [-0.05, 0) is 76.5 Å². The Labute approximate surface area is 223 Å². The lowest BCUT2D eigenvalue weighted by molar-refractivity contribution is 0.0977. The lowest BCUT2D eigenvalue weighted by Crippen LogP contribution is -2.34. The number of anilines is 2. The van der Waals surface area contributed by atoms with Gasteiger partial charge in [0.25, 0.3) is 21.8 Å². The molecule has 1 heterocycles. The van der Waals surface area contributed by atoms with Gasteiger partial charge >= 0.3 is 0 Å². The van der Waals surface area contributed by atoms with E-state index >= 15 is 0 Å². The molecule has 0 spiro atoms. The normalized spacial score (nSPS) is 11.0. The molecular weight excluding hydrogens is 570 g/mol. The van der Waals surface area contributed by atoms with Crippen LogP contribution in [0, 0.1) is 5.92 Å². The van der Waals surface area contributed by atoms with Crippen molar-refractivity contribution in [3.8, 4) is 11.6 Å². The zero-order valence-electron chi connectivity index (χ0n) is 19.6. The van der Waals surface area contributed by atoms with Crippen LogP contribution in [0.4, 0.5) is 11.5 Å². The molecule has 10 nitrogen and oxygen atoms in total. The highest BCUT2D eigenvalue weighted by atomic mass is 79.9. The lowest BCUT2D eigenvalue weighted by atomic mass is 10.2. The second-order valence-electron chi connectivity index (χ2n) is 7.80. The van der Waals surface area contributed by atoms with E-state index < -0.39 is 15.9 Å². The first-order valence-corrected chi connectivity index (χ1v) is 13.3. The van der Waals surface area contributed by atoms with Crippen LogP contribution in [0.2, 0.25) is 0 Å². The van der Waals surface area contributed by atoms with Gasteiger partial charge in [0, 0.05) is 23.6 Å². The molecule has 190 valence electrons. The van der Waals surface area contributed by atoms with E-state index in [2.05, 4.69) is 41.3 Å². The Balaban J connectivity index is 1.60. The van der Waals surface area contributed by atoms with Crippen molar-refractivity contribution in [2.75, 3.05) is 23.8 Å². The number of nitrogens with zero attached hydrogens (tertiary/aromatic N) is 2. The highest BCUT2D eigenvalue weighted by molar-refractivity contribution is 9.10. The van der Waals surface area contributed by atoms with E-state index in [9.17, 15) is 13.2 Å². The van der Waals surface area contributed by atoms with Gasteiger partial charge in [0.2, 0.25) is 5.82 Å². The maximum absolute atomic E-state index is 12.7. The first-order chi connectivity index (χ1) is 17.1. The fourth-order valence-electron chi connectivity index (χ4n) is 2.80. The molecule has 0 fully saturated rings. The minimum Gasteiger partial charge on any atom is -0.492 e. The van der Waals surface area contributed by atoms with Crippen LogP contribution in [0.3, 0.4) is 0 Å². The molecule has 3 aromatic rings. The summed E-state index contributed by atoms with van der Waals surface area (Å²) < 4.78 is 39.1. The summed E-state index contributed by atoms with van der Waals surface area (Å²) in [6.45, 7) is 4.65. The molecule has 36 heavy (non-hydrogen) atoms. The maximum Gasteiger partial charge on any atom is 0.263 e. The maximum atomic E-state index is 12.7. The standard InChI is InChI=1S/C23H24BrN5O5S2/c1-14(2)13-34-19-9-4-15(12-18(19)24)21(30)28-23(35)27-16-5-7-17(8-6-16)36(31,32)29-20-22(33-3)26-11-10-25-20/h4-12,14H,13H2,1-3H3,(H,25,29)(H2,27,28,30,35). The molecule has 1 amide bonds. The predicted octanol–water partition coefficient (Wildman–Crippen LogP) is 4.21. The monoisotopic (exact) mass is 593 g/mol. The topological polar surface area (TPSA) is 132 Å². The fourth-order valence-corrected chi connectivity index (χ4v) is 4.51. The van der Waals surface area contributed by atoms with Gasteiger partial charge in [-0.1, -0.05) is 13.8 Å². The summed E-state index contributed by atoms with van der Waals surface area (Å²) in [4.78, 5) is 20.4. The summed E-state index contributed by atoms with van der Waals surface area (Å²) in [5, 5.41) is 5.50. The molecule has 0 saturated heterocycles. The van der Waals surface area contributed by atoms with Crippen LogP contribution in [0.1, 0.15) is 24.2 Å². The summed E-state index contributed by atoms with van der Waals surface area (Å²) in [6.07, 6.45) is 2.73. The van der Waals surface area contributed by atoms with Crippen molar-refractivity contribution in [1.82, 2.24) is 15.3 Å². The van der Waals surface area contributed by atoms with E-state index in [0.29, 0.717) is 34.0 Å². The molecule has 0 atom stereocenters. The predicted molar refractivity (Wildman–Crippen MR) is 144 cm³/mol. The number of amides is 1. The van der Waals surface area contributed by atoms with Gasteiger partial charge in [-0.3, -0.25) is 14.8 Å². The molecule has 0 unspecified atom stereocenters. The number of carbonyl (C=O) groups excluding carboxylic acids is 1. The van der Waals surface area contributed by atoms with Crippen molar-refractivity contribution in [3.05, 3.63) is 64.9 Å². The molecule has 0 aliphatic carbocycles. The number of methoxy groups -OCH3 is 1. The fraction of sp³-hybridized carbons (Fsp3) is 0.217. The van der Waals surface area contributed by atoms with Gasteiger partial charge in [0.1, 0.15) is 5.75 Å². The lowest BCUT2D eigenvalue weighted by Gasteiger charge is -2.13. The van der Waals surface area contributed by atoms with E-state index in [1.807, 2.05) is 13.8 Å². The first-order valence-electron chi connectivity index (χ1n) is 10.6. The molecule has 1 aromatic heterocycles. The third-order valence-corrected chi connectivity index (χ3v) is 6.68. The van der Waals surface area contributed by atoms with Gasteiger partial charge < -0.3 is 14.8 Å². The average Bonchev–Trinajstić information content (AvgIpc) is 2.83. The molecule has 13 heteroatoms. The molecule has 3 rings (SSSR count). The highest BCUT2D eigenvalue weighted by Crippen LogP contribution is 2.26. The molecule has 3 N–H and O–H groups in total. The van der Waals surface area contributed by atoms with Crippen molar-refractivity contribution in [2.24, 2.45) is 5.92 Å². The summed E-state index contributed by atoms with van der Waals surface area (Å²) in [6, 6.07) is 10.8. The Hall–Kier alpha value is -3.29. The van der Waals surface area contributed by atoms with Crippen LogP contribution in [-0.2, 0) is 10.0 Å². The zero-order chi connectivity index (χ0) is 26.3. The first kappa shape index (κ1) is 27.3. The van der Waals surface area contributed by atoms with Gasteiger partial charge in [-0.2, -0.15) is 0 Å². The average molecular weight is 595 g/mol. The SMILES string of the molecule is COc1nccnc1NS(=O)(=O)c1ccc(NC(=S)NC(=O)c2ccc(OCC(C)C)c(Br)c2)cc1. The van der Waals surface area contributed by atoms with Gasteiger partial charge in [-0.25, -0.2) is 18.4 Å². The van der Waals surface area contributed by atoms with Gasteiger partial charge in [0.15, 0.2) is 5.11 Å². The number of sulfonamides is 1. The number of hydrogen-bond acceptors (Lipinski definition) is 8. The molecule has 0 aliphatic heterocycles. The number of benzene rings is 2. The highest BCUT2D eigenvalue weighted by Gasteiger charge is 2.18. The van der Waals surface area contributed by atoms with E-state index in [-0.39, 0.29) is 21.7 Å². The zero-order valence-corrected chi connectivity index (χ0v) is 22.8. The second kappa shape index (κ2) is 12.1. The van der Waals surface area contributed by atoms with Crippen LogP contribution >= 0.6 is 28.1 Å². The Morgan fingerprint density at radius 3 is 2.44 bits per heavy atom. The van der Waals surface area contributed by atoms with Crippen LogP contribution in [0.15, 0.2) is 64.2 Å². The summed E-state index contributed by atoms with van der Waals surface area (Å²) in [5.41, 5.74) is 0.866. The Bertz CT molecular complexity index is 1350. The Morgan fingerprint density at radius 2 is 1.81 bits per heavy atom. The van der Waals surface area contributed by atoms with E-state index in [0.717, 1.165) is 0 Å². The molecule has 0 bridgehead atoms. The van der Waals surface area contributed by atoms with E-state index in [1.165, 1.54) is 43.8 Å². The number of ether oxygens (including phenoxy) is 2. The van der Waals surface area contributed by atoms with Gasteiger partial charge in [-0.15, -0.1) is 0 Å². The van der Waals surface area contributed by atoms with Crippen LogP contribution < -0.4 is 24.8 Å². The minimum absolute atomic E-state index is 0.0136. The molecular formula is C23H24BrN5O5S2. The summed E-state index contributed by atoms with van der Waals surface area (Å²) in [5.74, 6) is 0.617. The molecule has 2 aromatic carbocycles. The number of rotatable bonds is 9. The minimum atomic E-state index is -3.94. The van der Waals surface area contributed by atoms with Crippen molar-refractivity contribution >= 4 is 60.7 Å². The number of aromatic nitrogens is 2.